The maximum absolute atomic E-state index is 9.45. The molecule has 0 radical (unpaired) electrons. The summed E-state index contributed by atoms with van der Waals surface area (Å²) in [6.45, 7) is 0. The summed E-state index contributed by atoms with van der Waals surface area (Å²) in [6, 6.07) is 12.5. The summed E-state index contributed by atoms with van der Waals surface area (Å²) in [7, 11) is 0. The average Bonchev–Trinajstić information content (AvgIpc) is 2.26. The lowest BCUT2D eigenvalue weighted by molar-refractivity contribution is 0.451. The highest BCUT2D eigenvalue weighted by Gasteiger charge is 2.07. The number of phenolic OH excluding ortho intramolecular Hbond substituents is 2. The molecule has 0 unspecified atom stereocenters. The Morgan fingerprint density at radius 2 is 1.33 bits per heavy atom. The van der Waals surface area contributed by atoms with Crippen molar-refractivity contribution in [1.29, 1.82) is 0 Å². The fourth-order valence-electron chi connectivity index (χ4n) is 1.39. The highest BCUT2D eigenvalue weighted by Crippen LogP contribution is 2.37. The fraction of sp³-hybridized carbons (Fsp3) is 0. The third kappa shape index (κ3) is 1.90. The molecule has 15 heavy (non-hydrogen) atoms. The lowest BCUT2D eigenvalue weighted by Gasteiger charge is -2.05. The van der Waals surface area contributed by atoms with Crippen LogP contribution in [0.3, 0.4) is 0 Å². The van der Waals surface area contributed by atoms with Gasteiger partial charge in [-0.3, -0.25) is 0 Å². The summed E-state index contributed by atoms with van der Waals surface area (Å²) in [5.41, 5.74) is 1.65. The van der Waals surface area contributed by atoms with Gasteiger partial charge in [0, 0.05) is 0 Å². The van der Waals surface area contributed by atoms with E-state index in [9.17, 15) is 10.2 Å². The van der Waals surface area contributed by atoms with Crippen molar-refractivity contribution in [2.45, 2.75) is 0 Å². The van der Waals surface area contributed by atoms with E-state index in [1.165, 1.54) is 12.1 Å². The molecule has 0 saturated carbocycles. The topological polar surface area (TPSA) is 40.5 Å². The first kappa shape index (κ1) is 9.87. The van der Waals surface area contributed by atoms with Crippen molar-refractivity contribution in [2.24, 2.45) is 0 Å². The van der Waals surface area contributed by atoms with E-state index in [4.69, 9.17) is 11.6 Å². The smallest absolute Gasteiger partial charge is 0.138 e. The lowest BCUT2D eigenvalue weighted by atomic mass is 10.1. The molecule has 2 nitrogen and oxygen atoms in total. The number of benzene rings is 2. The molecule has 0 atom stereocenters. The van der Waals surface area contributed by atoms with Crippen LogP contribution < -0.4 is 0 Å². The van der Waals surface area contributed by atoms with Gasteiger partial charge in [-0.2, -0.15) is 0 Å². The molecule has 2 N–H and O–H groups in total. The molecule has 0 aliphatic carbocycles. The first-order valence-electron chi connectivity index (χ1n) is 4.45. The average molecular weight is 221 g/mol. The molecule has 76 valence electrons. The molecule has 2 aromatic rings. The van der Waals surface area contributed by atoms with Crippen LogP contribution in [-0.2, 0) is 0 Å². The van der Waals surface area contributed by atoms with Gasteiger partial charge in [-0.15, -0.1) is 0 Å². The molecular formula is C12H9ClO2. The van der Waals surface area contributed by atoms with E-state index < -0.39 is 0 Å². The van der Waals surface area contributed by atoms with Gasteiger partial charge in [0.1, 0.15) is 16.5 Å². The Morgan fingerprint density at radius 1 is 0.800 bits per heavy atom. The second kappa shape index (κ2) is 3.83. The van der Waals surface area contributed by atoms with E-state index in [-0.39, 0.29) is 16.5 Å². The van der Waals surface area contributed by atoms with Crippen molar-refractivity contribution in [3.63, 3.8) is 0 Å². The molecule has 2 aromatic carbocycles. The first-order chi connectivity index (χ1) is 7.18. The Hall–Kier alpha value is -1.67. The normalized spacial score (nSPS) is 10.2. The summed E-state index contributed by atoms with van der Waals surface area (Å²) >= 11 is 5.64. The number of hydrogen-bond acceptors (Lipinski definition) is 2. The van der Waals surface area contributed by atoms with Crippen molar-refractivity contribution in [1.82, 2.24) is 0 Å². The van der Waals surface area contributed by atoms with Gasteiger partial charge in [0.2, 0.25) is 0 Å². The van der Waals surface area contributed by atoms with E-state index >= 15 is 0 Å². The van der Waals surface area contributed by atoms with E-state index in [1.807, 2.05) is 30.3 Å². The minimum atomic E-state index is -0.115. The van der Waals surface area contributed by atoms with Crippen molar-refractivity contribution in [3.05, 3.63) is 47.5 Å². The van der Waals surface area contributed by atoms with E-state index in [0.717, 1.165) is 11.1 Å². The molecule has 0 saturated heterocycles. The summed E-state index contributed by atoms with van der Waals surface area (Å²) < 4.78 is 0. The lowest BCUT2D eigenvalue weighted by Crippen LogP contribution is -1.78. The molecule has 0 bridgehead atoms. The molecule has 0 aromatic heterocycles. The van der Waals surface area contributed by atoms with Crippen LogP contribution in [0.5, 0.6) is 11.5 Å². The zero-order chi connectivity index (χ0) is 10.8. The number of halogens is 1. The van der Waals surface area contributed by atoms with Crippen LogP contribution in [0.15, 0.2) is 42.5 Å². The predicted octanol–water partition coefficient (Wildman–Crippen LogP) is 3.42. The number of aromatic hydroxyl groups is 2. The zero-order valence-corrected chi connectivity index (χ0v) is 8.57. The summed E-state index contributed by atoms with van der Waals surface area (Å²) in [5.74, 6) is -0.231. The van der Waals surface area contributed by atoms with Crippen molar-refractivity contribution in [3.8, 4) is 22.6 Å². The molecule has 3 heteroatoms. The second-order valence-electron chi connectivity index (χ2n) is 3.19. The van der Waals surface area contributed by atoms with Crippen LogP contribution in [0.2, 0.25) is 5.02 Å². The molecule has 0 amide bonds. The monoisotopic (exact) mass is 220 g/mol. The molecule has 0 aliphatic rings. The Morgan fingerprint density at radius 3 is 1.87 bits per heavy atom. The van der Waals surface area contributed by atoms with Gasteiger partial charge in [0.05, 0.1) is 0 Å². The Balaban J connectivity index is 2.56. The van der Waals surface area contributed by atoms with Gasteiger partial charge in [0.25, 0.3) is 0 Å². The Bertz CT molecular complexity index is 457. The maximum Gasteiger partial charge on any atom is 0.138 e. The van der Waals surface area contributed by atoms with Crippen LogP contribution in [-0.4, -0.2) is 10.2 Å². The fourth-order valence-corrected chi connectivity index (χ4v) is 1.50. The van der Waals surface area contributed by atoms with Gasteiger partial charge >= 0.3 is 0 Å². The van der Waals surface area contributed by atoms with Crippen molar-refractivity contribution in [2.75, 3.05) is 0 Å². The SMILES string of the molecule is Oc1cc(-c2ccccc2)cc(O)c1Cl. The van der Waals surface area contributed by atoms with Crippen LogP contribution >= 0.6 is 11.6 Å². The van der Waals surface area contributed by atoms with Crippen LogP contribution in [0.1, 0.15) is 0 Å². The molecular weight excluding hydrogens is 212 g/mol. The predicted molar refractivity (Wildman–Crippen MR) is 60.2 cm³/mol. The van der Waals surface area contributed by atoms with Crippen LogP contribution in [0, 0.1) is 0 Å². The number of phenols is 2. The number of hydrogen-bond donors (Lipinski definition) is 2. The first-order valence-corrected chi connectivity index (χ1v) is 4.83. The third-order valence-electron chi connectivity index (χ3n) is 2.14. The van der Waals surface area contributed by atoms with Crippen LogP contribution in [0.25, 0.3) is 11.1 Å². The molecule has 2 rings (SSSR count). The second-order valence-corrected chi connectivity index (χ2v) is 3.57. The minimum Gasteiger partial charge on any atom is -0.506 e. The summed E-state index contributed by atoms with van der Waals surface area (Å²) in [4.78, 5) is 0. The minimum absolute atomic E-state index is 0.0188. The van der Waals surface area contributed by atoms with Crippen LogP contribution in [0.4, 0.5) is 0 Å². The van der Waals surface area contributed by atoms with Crippen molar-refractivity contribution < 1.29 is 10.2 Å². The summed E-state index contributed by atoms with van der Waals surface area (Å²) in [5, 5.41) is 18.9. The molecule has 0 aliphatic heterocycles. The van der Waals surface area contributed by atoms with E-state index in [0.29, 0.717) is 0 Å². The van der Waals surface area contributed by atoms with Gasteiger partial charge in [-0.1, -0.05) is 41.9 Å². The third-order valence-corrected chi connectivity index (χ3v) is 2.53. The molecule has 0 spiro atoms. The molecule has 0 heterocycles. The van der Waals surface area contributed by atoms with Gasteiger partial charge in [-0.05, 0) is 23.3 Å². The van der Waals surface area contributed by atoms with Gasteiger partial charge < -0.3 is 10.2 Å². The van der Waals surface area contributed by atoms with E-state index in [1.54, 1.807) is 0 Å². The van der Waals surface area contributed by atoms with Gasteiger partial charge in [-0.25, -0.2) is 0 Å². The Kier molecular flexibility index (Phi) is 2.52. The van der Waals surface area contributed by atoms with E-state index in [2.05, 4.69) is 0 Å². The zero-order valence-electron chi connectivity index (χ0n) is 7.81. The Labute approximate surface area is 92.4 Å². The summed E-state index contributed by atoms with van der Waals surface area (Å²) in [6.07, 6.45) is 0. The van der Waals surface area contributed by atoms with Gasteiger partial charge in [0.15, 0.2) is 0 Å². The maximum atomic E-state index is 9.45. The quantitative estimate of drug-likeness (QED) is 0.773. The highest BCUT2D eigenvalue weighted by atomic mass is 35.5. The highest BCUT2D eigenvalue weighted by molar-refractivity contribution is 6.33. The largest absolute Gasteiger partial charge is 0.506 e. The standard InChI is InChI=1S/C12H9ClO2/c13-12-10(14)6-9(7-11(12)15)8-4-2-1-3-5-8/h1-7,14-15H. The van der Waals surface area contributed by atoms with Crippen molar-refractivity contribution >= 4 is 11.6 Å². The number of rotatable bonds is 1. The molecule has 0 fully saturated rings.